The second kappa shape index (κ2) is 7.04. The fourth-order valence-corrected chi connectivity index (χ4v) is 0.277. The van der Waals surface area contributed by atoms with E-state index in [1.807, 2.05) is 0 Å². The first-order chi connectivity index (χ1) is 3.00. The fourth-order valence-electron chi connectivity index (χ4n) is 0.277. The van der Waals surface area contributed by atoms with E-state index in [0.717, 1.165) is 0 Å². The van der Waals surface area contributed by atoms with Crippen molar-refractivity contribution >= 4 is 29.6 Å². The van der Waals surface area contributed by atoms with Crippen LogP contribution in [0.1, 0.15) is 0 Å². The molecule has 0 unspecified atom stereocenters. The van der Waals surface area contributed by atoms with E-state index >= 15 is 0 Å². The Hall–Kier alpha value is 0.0400. The van der Waals surface area contributed by atoms with E-state index in [2.05, 4.69) is 9.97 Å². The van der Waals surface area contributed by atoms with E-state index in [0.29, 0.717) is 0 Å². The molecule has 0 aliphatic carbocycles. The Balaban J connectivity index is 0. The van der Waals surface area contributed by atoms with Gasteiger partial charge in [0.1, 0.15) is 0 Å². The standard InChI is InChI=1S/C4H4N2.Na.H2O/c1-2-6-4-3-5-1;;/h1-4H;;1H2. The first-order valence-electron chi connectivity index (χ1n) is 1.76. The van der Waals surface area contributed by atoms with Crippen LogP contribution in [-0.2, 0) is 0 Å². The molecule has 1 heterocycles. The van der Waals surface area contributed by atoms with Crippen LogP contribution >= 0.6 is 0 Å². The van der Waals surface area contributed by atoms with E-state index in [1.165, 1.54) is 0 Å². The second-order valence-electron chi connectivity index (χ2n) is 0.947. The van der Waals surface area contributed by atoms with Crippen molar-refractivity contribution in [3.63, 3.8) is 0 Å². The molecule has 39 valence electrons. The van der Waals surface area contributed by atoms with Gasteiger partial charge < -0.3 is 5.48 Å². The van der Waals surface area contributed by atoms with Crippen molar-refractivity contribution in [3.8, 4) is 0 Å². The topological polar surface area (TPSA) is 57.0 Å². The number of aromatic nitrogens is 2. The summed E-state index contributed by atoms with van der Waals surface area (Å²) in [6.07, 6.45) is 6.92. The van der Waals surface area contributed by atoms with Gasteiger partial charge in [-0.1, -0.05) is 0 Å². The third-order valence-electron chi connectivity index (χ3n) is 0.514. The number of rotatable bonds is 0. The van der Waals surface area contributed by atoms with Gasteiger partial charge in [-0.05, 0) is 0 Å². The Morgan fingerprint density at radius 2 is 1.62 bits per heavy atom. The third kappa shape index (κ3) is 4.21. The molecule has 3 nitrogen and oxygen atoms in total. The predicted octanol–water partition coefficient (Wildman–Crippen LogP) is -0.662. The van der Waals surface area contributed by atoms with Crippen molar-refractivity contribution in [3.05, 3.63) is 24.8 Å². The van der Waals surface area contributed by atoms with Crippen LogP contribution in [0.2, 0.25) is 0 Å². The molecule has 0 amide bonds. The molecule has 0 aliphatic rings. The van der Waals surface area contributed by atoms with E-state index in [4.69, 9.17) is 0 Å². The third-order valence-corrected chi connectivity index (χ3v) is 0.514. The average molecular weight is 121 g/mol. The van der Waals surface area contributed by atoms with Gasteiger partial charge >= 0.3 is 0 Å². The van der Waals surface area contributed by atoms with Gasteiger partial charge in [-0.3, -0.25) is 4.98 Å². The molecule has 1 rings (SSSR count). The van der Waals surface area contributed by atoms with Crippen LogP contribution in [0.25, 0.3) is 0 Å². The zero-order chi connectivity index (χ0) is 4.24. The summed E-state index contributed by atoms with van der Waals surface area (Å²) in [5.41, 5.74) is 0. The molecule has 1 aromatic rings. The van der Waals surface area contributed by atoms with Gasteiger partial charge in [-0.15, -0.1) is 0 Å². The van der Waals surface area contributed by atoms with Gasteiger partial charge in [-0.25, -0.2) is 4.98 Å². The maximum Gasteiger partial charge on any atom is 0.185 e. The van der Waals surface area contributed by atoms with E-state index in [9.17, 15) is 0 Å². The molecule has 1 aromatic heterocycles. The van der Waals surface area contributed by atoms with E-state index in [-0.39, 0.29) is 35.0 Å². The largest absolute Gasteiger partial charge is 0.870 e. The number of hydrogen-bond donors (Lipinski definition) is 0. The van der Waals surface area contributed by atoms with Crippen LogP contribution in [0.5, 0.6) is 0 Å². The van der Waals surface area contributed by atoms with Crippen molar-refractivity contribution in [2.75, 3.05) is 0 Å². The Morgan fingerprint density at radius 3 is 1.75 bits per heavy atom. The summed E-state index contributed by atoms with van der Waals surface area (Å²) in [4.78, 5) is 6.58. The minimum Gasteiger partial charge on any atom is -0.870 e. The van der Waals surface area contributed by atoms with Crippen molar-refractivity contribution in [2.45, 2.75) is 0 Å². The molecule has 0 saturated carbocycles. The molecular formula is C4H6N2NaO. The summed E-state index contributed by atoms with van der Waals surface area (Å²) in [6, 6.07) is 0. The van der Waals surface area contributed by atoms with E-state index in [1.54, 1.807) is 24.8 Å². The van der Waals surface area contributed by atoms with Crippen LogP contribution in [-0.4, -0.2) is 40.0 Å². The van der Waals surface area contributed by atoms with Crippen LogP contribution in [0.4, 0.5) is 0 Å². The molecule has 0 atom stereocenters. The maximum atomic E-state index is 3.75. The SMILES string of the molecule is [Na].[OH-].c1c[nH+]ccn1. The average Bonchev–Trinajstić information content (AvgIpc) is 1.72. The summed E-state index contributed by atoms with van der Waals surface area (Å²) in [7, 11) is 0. The molecular weight excluding hydrogens is 115 g/mol. The van der Waals surface area contributed by atoms with Crippen molar-refractivity contribution in [2.24, 2.45) is 0 Å². The zero-order valence-corrected chi connectivity index (χ0v) is 6.70. The normalized spacial score (nSPS) is 6.00. The molecule has 0 spiro atoms. The van der Waals surface area contributed by atoms with Gasteiger partial charge in [0, 0.05) is 29.6 Å². The number of H-pyrrole nitrogens is 1. The summed E-state index contributed by atoms with van der Waals surface area (Å²) >= 11 is 0. The summed E-state index contributed by atoms with van der Waals surface area (Å²) in [5, 5.41) is 0. The Kier molecular flexibility index (Phi) is 9.61. The maximum absolute atomic E-state index is 3.75. The molecule has 8 heavy (non-hydrogen) atoms. The van der Waals surface area contributed by atoms with Crippen LogP contribution in [0.3, 0.4) is 0 Å². The van der Waals surface area contributed by atoms with Crippen LogP contribution in [0.15, 0.2) is 24.8 Å². The predicted molar refractivity (Wildman–Crippen MR) is 28.5 cm³/mol. The van der Waals surface area contributed by atoms with Gasteiger partial charge in [-0.2, -0.15) is 0 Å². The molecule has 0 saturated heterocycles. The van der Waals surface area contributed by atoms with Crippen molar-refractivity contribution in [1.29, 1.82) is 0 Å². The summed E-state index contributed by atoms with van der Waals surface area (Å²) in [6.45, 7) is 0. The zero-order valence-electron chi connectivity index (χ0n) is 4.70. The molecule has 4 heteroatoms. The molecule has 1 radical (unpaired) electrons. The van der Waals surface area contributed by atoms with Crippen LogP contribution < -0.4 is 4.98 Å². The first kappa shape index (κ1) is 10.9. The molecule has 0 aromatic carbocycles. The summed E-state index contributed by atoms with van der Waals surface area (Å²) < 4.78 is 0. The molecule has 2 N–H and O–H groups in total. The van der Waals surface area contributed by atoms with Gasteiger partial charge in [0.2, 0.25) is 0 Å². The monoisotopic (exact) mass is 121 g/mol. The molecule has 0 bridgehead atoms. The summed E-state index contributed by atoms with van der Waals surface area (Å²) in [5.74, 6) is 0. The number of nitrogens with one attached hydrogen (secondary N) is 1. The number of hydrogen-bond acceptors (Lipinski definition) is 2. The number of aromatic amines is 1. The quantitative estimate of drug-likeness (QED) is 0.428. The molecule has 0 fully saturated rings. The second-order valence-corrected chi connectivity index (χ2v) is 0.947. The van der Waals surface area contributed by atoms with Crippen molar-refractivity contribution < 1.29 is 10.5 Å². The first-order valence-corrected chi connectivity index (χ1v) is 1.76. The molecule has 0 aliphatic heterocycles. The minimum absolute atomic E-state index is 0. The van der Waals surface area contributed by atoms with Gasteiger partial charge in [0.05, 0.1) is 12.4 Å². The Bertz CT molecular complexity index is 86.0. The minimum atomic E-state index is 0. The van der Waals surface area contributed by atoms with Gasteiger partial charge in [0.25, 0.3) is 0 Å². The fraction of sp³-hybridized carbons (Fsp3) is 0. The van der Waals surface area contributed by atoms with Crippen molar-refractivity contribution in [1.82, 2.24) is 4.98 Å². The number of nitrogens with zero attached hydrogens (tertiary/aromatic N) is 1. The Morgan fingerprint density at radius 1 is 1.12 bits per heavy atom. The smallest absolute Gasteiger partial charge is 0.185 e. The van der Waals surface area contributed by atoms with Gasteiger partial charge in [0.15, 0.2) is 12.4 Å². The van der Waals surface area contributed by atoms with Crippen LogP contribution in [0, 0.1) is 0 Å². The van der Waals surface area contributed by atoms with E-state index < -0.39 is 0 Å². The Labute approximate surface area is 69.8 Å².